The average Bonchev–Trinajstić information content (AvgIpc) is 2.92. The van der Waals surface area contributed by atoms with Crippen molar-refractivity contribution in [2.45, 2.75) is 18.1 Å². The summed E-state index contributed by atoms with van der Waals surface area (Å²) < 4.78 is 106. The summed E-state index contributed by atoms with van der Waals surface area (Å²) in [6.45, 7) is 0.985. The maximum absolute atomic E-state index is 14.2. The van der Waals surface area contributed by atoms with Crippen molar-refractivity contribution in [3.05, 3.63) is 102 Å². The molecule has 0 amide bonds. The molecule has 0 heterocycles. The van der Waals surface area contributed by atoms with E-state index in [4.69, 9.17) is 14.2 Å². The zero-order valence-corrected chi connectivity index (χ0v) is 21.2. The Morgan fingerprint density at radius 1 is 0.692 bits per heavy atom. The first-order valence-corrected chi connectivity index (χ1v) is 13.0. The van der Waals surface area contributed by atoms with Gasteiger partial charge in [-0.2, -0.15) is 8.78 Å². The van der Waals surface area contributed by atoms with Crippen molar-refractivity contribution in [2.24, 2.45) is 0 Å². The molecule has 0 saturated heterocycles. The van der Waals surface area contributed by atoms with Gasteiger partial charge in [-0.05, 0) is 18.1 Å². The Bertz CT molecular complexity index is 1480. The third kappa shape index (κ3) is 6.22. The first kappa shape index (κ1) is 28.1. The van der Waals surface area contributed by atoms with Crippen LogP contribution in [0, 0.1) is 23.3 Å². The van der Waals surface area contributed by atoms with Crippen LogP contribution in [-0.2, 0) is 14.9 Å². The smallest absolute Gasteiger partial charge is 0.205 e. The SMILES string of the molecule is CC(OCCOc1c(-c2ccccc2)cccc1-c1ccccc1)Oc1c(F)c(F)c(S(=O)(=O)[O-])c(F)c1F. The lowest BCUT2D eigenvalue weighted by Gasteiger charge is -2.20. The van der Waals surface area contributed by atoms with Gasteiger partial charge in [-0.25, -0.2) is 17.2 Å². The van der Waals surface area contributed by atoms with Gasteiger partial charge in [0.05, 0.1) is 6.61 Å². The summed E-state index contributed by atoms with van der Waals surface area (Å²) in [5.74, 6) is -10.1. The van der Waals surface area contributed by atoms with Crippen molar-refractivity contribution in [3.63, 3.8) is 0 Å². The van der Waals surface area contributed by atoms with Gasteiger partial charge in [0, 0.05) is 11.1 Å². The van der Waals surface area contributed by atoms with Crippen LogP contribution in [0.15, 0.2) is 83.8 Å². The molecule has 0 spiro atoms. The van der Waals surface area contributed by atoms with Gasteiger partial charge in [0.1, 0.15) is 27.4 Å². The van der Waals surface area contributed by atoms with Crippen LogP contribution in [0.2, 0.25) is 0 Å². The van der Waals surface area contributed by atoms with Crippen LogP contribution in [0.4, 0.5) is 17.6 Å². The Morgan fingerprint density at radius 2 is 1.18 bits per heavy atom. The summed E-state index contributed by atoms with van der Waals surface area (Å²) >= 11 is 0. The fraction of sp³-hybridized carbons (Fsp3) is 0.143. The van der Waals surface area contributed by atoms with Gasteiger partial charge in [0.15, 0.2) is 23.7 Å². The first-order chi connectivity index (χ1) is 18.6. The third-order valence-corrected chi connectivity index (χ3v) is 6.44. The van der Waals surface area contributed by atoms with Gasteiger partial charge < -0.3 is 18.8 Å². The molecule has 0 aliphatic rings. The summed E-state index contributed by atoms with van der Waals surface area (Å²) in [4.78, 5) is -2.27. The molecule has 6 nitrogen and oxygen atoms in total. The molecule has 0 bridgehead atoms. The number of benzene rings is 4. The molecule has 4 rings (SSSR count). The predicted molar refractivity (Wildman–Crippen MR) is 133 cm³/mol. The van der Waals surface area contributed by atoms with Crippen molar-refractivity contribution >= 4 is 10.1 Å². The van der Waals surface area contributed by atoms with Crippen LogP contribution < -0.4 is 9.47 Å². The van der Waals surface area contributed by atoms with E-state index in [2.05, 4.69) is 0 Å². The van der Waals surface area contributed by atoms with Gasteiger partial charge in [-0.1, -0.05) is 78.9 Å². The van der Waals surface area contributed by atoms with Crippen LogP contribution in [0.25, 0.3) is 22.3 Å². The zero-order chi connectivity index (χ0) is 28.2. The van der Waals surface area contributed by atoms with Gasteiger partial charge in [0.25, 0.3) is 0 Å². The van der Waals surface area contributed by atoms with Crippen molar-refractivity contribution in [3.8, 4) is 33.8 Å². The Hall–Kier alpha value is -3.93. The molecule has 39 heavy (non-hydrogen) atoms. The molecule has 4 aromatic rings. The van der Waals surface area contributed by atoms with E-state index in [-0.39, 0.29) is 13.2 Å². The molecule has 4 aromatic carbocycles. The lowest BCUT2D eigenvalue weighted by Crippen LogP contribution is -2.22. The Balaban J connectivity index is 1.50. The van der Waals surface area contributed by atoms with E-state index in [0.717, 1.165) is 22.3 Å². The molecule has 0 N–H and O–H groups in total. The molecule has 0 radical (unpaired) electrons. The second-order valence-electron chi connectivity index (χ2n) is 8.19. The number of para-hydroxylation sites is 1. The van der Waals surface area contributed by atoms with Crippen molar-refractivity contribution in [1.29, 1.82) is 0 Å². The average molecular weight is 562 g/mol. The van der Waals surface area contributed by atoms with Gasteiger partial charge in [-0.3, -0.25) is 0 Å². The van der Waals surface area contributed by atoms with E-state index in [1.165, 1.54) is 6.92 Å². The van der Waals surface area contributed by atoms with Crippen molar-refractivity contribution < 1.29 is 44.7 Å². The second kappa shape index (κ2) is 11.9. The molecule has 11 heteroatoms. The minimum atomic E-state index is -5.83. The standard InChI is InChI=1S/C28H22F4O6S/c1-17(38-27-22(29)24(31)28(39(33,34)35)25(32)23(27)30)36-15-16-37-26-20(18-9-4-2-5-10-18)13-8-14-21(26)19-11-6-3-7-12-19/h2-14,17H,15-16H2,1H3,(H,33,34,35)/p-1. The highest BCUT2D eigenvalue weighted by atomic mass is 32.2. The fourth-order valence-electron chi connectivity index (χ4n) is 3.85. The van der Waals surface area contributed by atoms with Gasteiger partial charge in [-0.15, -0.1) is 0 Å². The maximum atomic E-state index is 14.2. The van der Waals surface area contributed by atoms with Crippen LogP contribution >= 0.6 is 0 Å². The number of hydrogen-bond acceptors (Lipinski definition) is 6. The molecular formula is C28H21F4O6S-. The zero-order valence-electron chi connectivity index (χ0n) is 20.4. The van der Waals surface area contributed by atoms with E-state index in [1.807, 2.05) is 78.9 Å². The predicted octanol–water partition coefficient (Wildman–Crippen LogP) is 6.30. The molecule has 0 aliphatic heterocycles. The number of hydrogen-bond donors (Lipinski definition) is 0. The van der Waals surface area contributed by atoms with Crippen LogP contribution in [-0.4, -0.2) is 32.5 Å². The lowest BCUT2D eigenvalue weighted by molar-refractivity contribution is -0.0777. The highest BCUT2D eigenvalue weighted by Crippen LogP contribution is 2.39. The molecular weight excluding hydrogens is 540 g/mol. The van der Waals surface area contributed by atoms with Crippen LogP contribution in [0.1, 0.15) is 6.92 Å². The fourth-order valence-corrected chi connectivity index (χ4v) is 4.47. The van der Waals surface area contributed by atoms with Gasteiger partial charge >= 0.3 is 0 Å². The Kier molecular flexibility index (Phi) is 8.54. The second-order valence-corrected chi connectivity index (χ2v) is 9.50. The lowest BCUT2D eigenvalue weighted by atomic mass is 9.97. The summed E-state index contributed by atoms with van der Waals surface area (Å²) in [6, 6.07) is 24.7. The quantitative estimate of drug-likeness (QED) is 0.0743. The Morgan fingerprint density at radius 3 is 1.64 bits per heavy atom. The van der Waals surface area contributed by atoms with Crippen molar-refractivity contribution in [2.75, 3.05) is 13.2 Å². The van der Waals surface area contributed by atoms with E-state index in [9.17, 15) is 30.5 Å². The monoisotopic (exact) mass is 561 g/mol. The minimum Gasteiger partial charge on any atom is -0.744 e. The largest absolute Gasteiger partial charge is 0.744 e. The molecule has 1 atom stereocenters. The third-order valence-electron chi connectivity index (χ3n) is 5.58. The molecule has 0 saturated carbocycles. The summed E-state index contributed by atoms with van der Waals surface area (Å²) in [5, 5.41) is 0. The molecule has 1 unspecified atom stereocenters. The highest BCUT2D eigenvalue weighted by Gasteiger charge is 2.31. The first-order valence-electron chi connectivity index (χ1n) is 11.6. The maximum Gasteiger partial charge on any atom is 0.205 e. The molecule has 0 aliphatic carbocycles. The summed E-state index contributed by atoms with van der Waals surface area (Å²) in [7, 11) is -5.83. The highest BCUT2D eigenvalue weighted by molar-refractivity contribution is 7.85. The van der Waals surface area contributed by atoms with Crippen molar-refractivity contribution in [1.82, 2.24) is 0 Å². The molecule has 0 fully saturated rings. The van der Waals surface area contributed by atoms with E-state index in [0.29, 0.717) is 5.75 Å². The summed E-state index contributed by atoms with van der Waals surface area (Å²) in [6.07, 6.45) is -1.44. The normalized spacial score (nSPS) is 12.3. The van der Waals surface area contributed by atoms with Crippen LogP contribution in [0.3, 0.4) is 0 Å². The number of halogens is 4. The Labute approximate surface area is 222 Å². The molecule has 0 aromatic heterocycles. The van der Waals surface area contributed by atoms with Gasteiger partial charge in [0.2, 0.25) is 11.6 Å². The van der Waals surface area contributed by atoms with E-state index >= 15 is 0 Å². The van der Waals surface area contributed by atoms with E-state index in [1.54, 1.807) is 0 Å². The number of rotatable bonds is 10. The topological polar surface area (TPSA) is 84.9 Å². The number of ether oxygens (including phenoxy) is 3. The van der Waals surface area contributed by atoms with Crippen LogP contribution in [0.5, 0.6) is 11.5 Å². The van der Waals surface area contributed by atoms with E-state index < -0.39 is 50.3 Å². The minimum absolute atomic E-state index is 0.0432. The molecule has 204 valence electrons. The summed E-state index contributed by atoms with van der Waals surface area (Å²) in [5.41, 5.74) is 3.43.